The Kier molecular flexibility index (Phi) is 11.6. The average molecular weight is 488 g/mol. The summed E-state index contributed by atoms with van der Waals surface area (Å²) < 4.78 is 42.1. The van der Waals surface area contributed by atoms with Crippen LogP contribution in [0.3, 0.4) is 0 Å². The van der Waals surface area contributed by atoms with Crippen molar-refractivity contribution in [2.75, 3.05) is 47.4 Å². The minimum Gasteiger partial charge on any atom is -0.497 e. The summed E-state index contributed by atoms with van der Waals surface area (Å²) in [5.41, 5.74) is 1.09. The molecule has 0 aliphatic rings. The van der Waals surface area contributed by atoms with Crippen LogP contribution in [0.1, 0.15) is 12.5 Å². The summed E-state index contributed by atoms with van der Waals surface area (Å²) in [6.45, 7) is 2.87. The quantitative estimate of drug-likeness (QED) is 0.347. The summed E-state index contributed by atoms with van der Waals surface area (Å²) in [6, 6.07) is 7.71. The van der Waals surface area contributed by atoms with Crippen LogP contribution in [0.4, 0.5) is 13.2 Å². The summed E-state index contributed by atoms with van der Waals surface area (Å²) in [7, 11) is 4.95. The van der Waals surface area contributed by atoms with E-state index in [1.54, 1.807) is 7.11 Å². The Morgan fingerprint density at radius 2 is 1.81 bits per heavy atom. The first-order valence-corrected chi connectivity index (χ1v) is 8.13. The Morgan fingerprint density at radius 3 is 2.31 bits per heavy atom. The standard InChI is InChI=1S/C17H27F3N4O.HI/c1-5-21-16(22-10-11-23(2)13-17(18,19)20)24(3)12-14-6-8-15(25-4)9-7-14;/h6-9H,5,10-13H2,1-4H3,(H,21,22);1H. The average Bonchev–Trinajstić information content (AvgIpc) is 2.53. The largest absolute Gasteiger partial charge is 0.497 e. The Bertz CT molecular complexity index is 538. The van der Waals surface area contributed by atoms with E-state index in [1.165, 1.54) is 11.9 Å². The first-order chi connectivity index (χ1) is 11.7. The molecule has 0 saturated carbocycles. The number of likely N-dealkylation sites (N-methyl/N-ethyl adjacent to an activating group) is 1. The molecule has 0 aliphatic carbocycles. The number of methoxy groups -OCH3 is 1. The van der Waals surface area contributed by atoms with Crippen LogP contribution < -0.4 is 10.1 Å². The van der Waals surface area contributed by atoms with Gasteiger partial charge in [0, 0.05) is 26.7 Å². The molecule has 0 atom stereocenters. The molecule has 0 unspecified atom stereocenters. The topological polar surface area (TPSA) is 40.1 Å². The Morgan fingerprint density at radius 1 is 1.19 bits per heavy atom. The summed E-state index contributed by atoms with van der Waals surface area (Å²) >= 11 is 0. The Balaban J connectivity index is 0.00000625. The minimum atomic E-state index is -4.19. The zero-order valence-corrected chi connectivity index (χ0v) is 18.0. The molecule has 0 fully saturated rings. The monoisotopic (exact) mass is 488 g/mol. The van der Waals surface area contributed by atoms with E-state index in [-0.39, 0.29) is 30.5 Å². The summed E-state index contributed by atoms with van der Waals surface area (Å²) in [5, 5.41) is 3.16. The van der Waals surface area contributed by atoms with Crippen LogP contribution in [0.15, 0.2) is 29.3 Å². The molecule has 26 heavy (non-hydrogen) atoms. The Labute approximate surface area is 170 Å². The number of aliphatic imine (C=N–C) groups is 1. The van der Waals surface area contributed by atoms with Crippen molar-refractivity contribution in [2.45, 2.75) is 19.6 Å². The van der Waals surface area contributed by atoms with Crippen LogP contribution in [-0.4, -0.2) is 69.3 Å². The lowest BCUT2D eigenvalue weighted by atomic mass is 10.2. The molecule has 1 N–H and O–H groups in total. The van der Waals surface area contributed by atoms with E-state index in [1.807, 2.05) is 43.1 Å². The SMILES string of the molecule is CCNC(=NCCN(C)CC(F)(F)F)N(C)Cc1ccc(OC)cc1.I. The number of alkyl halides is 3. The lowest BCUT2D eigenvalue weighted by Gasteiger charge is -2.23. The third-order valence-corrected chi connectivity index (χ3v) is 3.47. The molecule has 0 spiro atoms. The molecule has 1 aromatic rings. The van der Waals surface area contributed by atoms with Gasteiger partial charge in [-0.2, -0.15) is 13.2 Å². The fraction of sp³-hybridized carbons (Fsp3) is 0.588. The molecule has 9 heteroatoms. The van der Waals surface area contributed by atoms with Gasteiger partial charge in [0.05, 0.1) is 20.2 Å². The first kappa shape index (κ1) is 24.8. The van der Waals surface area contributed by atoms with Gasteiger partial charge in [-0.15, -0.1) is 24.0 Å². The number of nitrogens with one attached hydrogen (secondary N) is 1. The van der Waals surface area contributed by atoms with Crippen LogP contribution in [-0.2, 0) is 6.54 Å². The molecular weight excluding hydrogens is 460 g/mol. The number of hydrogen-bond donors (Lipinski definition) is 1. The number of nitrogens with zero attached hydrogens (tertiary/aromatic N) is 3. The third kappa shape index (κ3) is 10.0. The molecule has 0 bridgehead atoms. The molecule has 0 aromatic heterocycles. The molecule has 1 aromatic carbocycles. The molecule has 1 rings (SSSR count). The highest BCUT2D eigenvalue weighted by Crippen LogP contribution is 2.15. The van der Waals surface area contributed by atoms with Crippen LogP contribution >= 0.6 is 24.0 Å². The van der Waals surface area contributed by atoms with E-state index in [0.717, 1.165) is 11.3 Å². The van der Waals surface area contributed by atoms with Gasteiger partial charge >= 0.3 is 6.18 Å². The van der Waals surface area contributed by atoms with Crippen LogP contribution in [0, 0.1) is 0 Å². The fourth-order valence-electron chi connectivity index (χ4n) is 2.26. The van der Waals surface area contributed by atoms with Crippen LogP contribution in [0.25, 0.3) is 0 Å². The van der Waals surface area contributed by atoms with Crippen LogP contribution in [0.2, 0.25) is 0 Å². The molecular formula is C17H28F3IN4O. The van der Waals surface area contributed by atoms with E-state index in [0.29, 0.717) is 25.6 Å². The number of rotatable bonds is 8. The summed E-state index contributed by atoms with van der Waals surface area (Å²) in [5.74, 6) is 1.46. The molecule has 0 saturated heterocycles. The highest BCUT2D eigenvalue weighted by molar-refractivity contribution is 14.0. The van der Waals surface area contributed by atoms with Crippen molar-refractivity contribution in [3.8, 4) is 5.75 Å². The van der Waals surface area contributed by atoms with Gasteiger partial charge in [0.2, 0.25) is 0 Å². The van der Waals surface area contributed by atoms with Crippen molar-refractivity contribution in [3.05, 3.63) is 29.8 Å². The number of hydrogen-bond acceptors (Lipinski definition) is 3. The maximum Gasteiger partial charge on any atom is 0.401 e. The zero-order chi connectivity index (χ0) is 18.9. The van der Waals surface area contributed by atoms with E-state index < -0.39 is 12.7 Å². The van der Waals surface area contributed by atoms with Gasteiger partial charge in [0.1, 0.15) is 5.75 Å². The number of guanidine groups is 1. The second-order valence-corrected chi connectivity index (χ2v) is 5.79. The zero-order valence-electron chi connectivity index (χ0n) is 15.6. The molecule has 0 aliphatic heterocycles. The second-order valence-electron chi connectivity index (χ2n) is 5.79. The molecule has 150 valence electrons. The fourth-order valence-corrected chi connectivity index (χ4v) is 2.26. The Hall–Kier alpha value is -1.23. The van der Waals surface area contributed by atoms with Gasteiger partial charge in [-0.1, -0.05) is 12.1 Å². The normalized spacial score (nSPS) is 11.9. The van der Waals surface area contributed by atoms with Crippen molar-refractivity contribution in [1.29, 1.82) is 0 Å². The molecule has 0 heterocycles. The van der Waals surface area contributed by atoms with Gasteiger partial charge in [-0.05, 0) is 31.7 Å². The predicted molar refractivity (Wildman–Crippen MR) is 109 cm³/mol. The molecule has 0 radical (unpaired) electrons. The molecule has 5 nitrogen and oxygen atoms in total. The van der Waals surface area contributed by atoms with Crippen molar-refractivity contribution in [2.24, 2.45) is 4.99 Å². The van der Waals surface area contributed by atoms with Gasteiger partial charge in [-0.3, -0.25) is 9.89 Å². The smallest absolute Gasteiger partial charge is 0.401 e. The molecule has 0 amide bonds. The van der Waals surface area contributed by atoms with E-state index >= 15 is 0 Å². The lowest BCUT2D eigenvalue weighted by Crippen LogP contribution is -2.39. The predicted octanol–water partition coefficient (Wildman–Crippen LogP) is 3.20. The van der Waals surface area contributed by atoms with E-state index in [9.17, 15) is 13.2 Å². The van der Waals surface area contributed by atoms with Gasteiger partial charge < -0.3 is 15.0 Å². The van der Waals surface area contributed by atoms with E-state index in [2.05, 4.69) is 10.3 Å². The first-order valence-electron chi connectivity index (χ1n) is 8.13. The lowest BCUT2D eigenvalue weighted by molar-refractivity contribution is -0.142. The van der Waals surface area contributed by atoms with Crippen molar-refractivity contribution in [1.82, 2.24) is 15.1 Å². The minimum absolute atomic E-state index is 0. The summed E-state index contributed by atoms with van der Waals surface area (Å²) in [6.07, 6.45) is -4.19. The van der Waals surface area contributed by atoms with Gasteiger partial charge in [0.25, 0.3) is 0 Å². The highest BCUT2D eigenvalue weighted by atomic mass is 127. The number of halogens is 4. The van der Waals surface area contributed by atoms with E-state index in [4.69, 9.17) is 4.74 Å². The van der Waals surface area contributed by atoms with Crippen molar-refractivity contribution in [3.63, 3.8) is 0 Å². The number of ether oxygens (including phenoxy) is 1. The van der Waals surface area contributed by atoms with Gasteiger partial charge in [-0.25, -0.2) is 0 Å². The maximum absolute atomic E-state index is 12.3. The van der Waals surface area contributed by atoms with Crippen LogP contribution in [0.5, 0.6) is 5.75 Å². The second kappa shape index (κ2) is 12.2. The third-order valence-electron chi connectivity index (χ3n) is 3.47. The van der Waals surface area contributed by atoms with Crippen molar-refractivity contribution < 1.29 is 17.9 Å². The summed E-state index contributed by atoms with van der Waals surface area (Å²) in [4.78, 5) is 7.57. The maximum atomic E-state index is 12.3. The highest BCUT2D eigenvalue weighted by Gasteiger charge is 2.28. The van der Waals surface area contributed by atoms with Crippen molar-refractivity contribution >= 4 is 29.9 Å². The van der Waals surface area contributed by atoms with Gasteiger partial charge in [0.15, 0.2) is 5.96 Å². The number of benzene rings is 1.